The van der Waals surface area contributed by atoms with Gasteiger partial charge in [0.2, 0.25) is 0 Å². The van der Waals surface area contributed by atoms with Crippen LogP contribution in [0.1, 0.15) is 119 Å². The van der Waals surface area contributed by atoms with Crippen molar-refractivity contribution in [3.8, 4) is 0 Å². The second-order valence-corrected chi connectivity index (χ2v) is 14.4. The number of hydrogen-bond acceptors (Lipinski definition) is 1. The van der Waals surface area contributed by atoms with Crippen LogP contribution in [0.4, 0.5) is 0 Å². The van der Waals surface area contributed by atoms with Crippen molar-refractivity contribution in [3.63, 3.8) is 0 Å². The lowest BCUT2D eigenvalue weighted by Crippen LogP contribution is -2.65. The predicted octanol–water partition coefficient (Wildman–Crippen LogP) is 8.07. The van der Waals surface area contributed by atoms with Crippen molar-refractivity contribution in [2.75, 3.05) is 0 Å². The van der Waals surface area contributed by atoms with Crippen LogP contribution in [0.15, 0.2) is 0 Å². The van der Waals surface area contributed by atoms with Crippen LogP contribution < -0.4 is 0 Å². The van der Waals surface area contributed by atoms with E-state index >= 15 is 0 Å². The van der Waals surface area contributed by atoms with E-state index in [1.807, 2.05) is 6.92 Å². The third-order valence-corrected chi connectivity index (χ3v) is 13.1. The Hall–Kier alpha value is -0.330. The van der Waals surface area contributed by atoms with Crippen LogP contribution in [-0.4, -0.2) is 5.78 Å². The molecule has 1 nitrogen and oxygen atoms in total. The normalized spacial score (nSPS) is 57.0. The Morgan fingerprint density at radius 1 is 0.700 bits per heavy atom. The van der Waals surface area contributed by atoms with Gasteiger partial charge in [-0.1, -0.05) is 48.0 Å². The van der Waals surface area contributed by atoms with Crippen LogP contribution in [0.25, 0.3) is 0 Å². The lowest BCUT2D eigenvalue weighted by Gasteiger charge is -2.72. The van der Waals surface area contributed by atoms with E-state index in [4.69, 9.17) is 0 Å². The SMILES string of the molecule is CC(=O)C1CC[C@]2(C)CC[C@]3(C)[C@H](CC[C@@H]4[C@@]5(C)CCCC(C)(C)[C@@H]5CC[C@]43C)[C@@H]12. The molecule has 0 aromatic carbocycles. The van der Waals surface area contributed by atoms with Gasteiger partial charge >= 0.3 is 0 Å². The summed E-state index contributed by atoms with van der Waals surface area (Å²) in [5.41, 5.74) is 2.35. The van der Waals surface area contributed by atoms with Gasteiger partial charge in [0.1, 0.15) is 5.78 Å². The molecule has 5 saturated carbocycles. The maximum Gasteiger partial charge on any atom is 0.133 e. The average molecular weight is 413 g/mol. The average Bonchev–Trinajstić information content (AvgIpc) is 2.99. The number of ketones is 1. The van der Waals surface area contributed by atoms with Crippen molar-refractivity contribution in [1.82, 2.24) is 0 Å². The van der Waals surface area contributed by atoms with Gasteiger partial charge in [0.25, 0.3) is 0 Å². The molecule has 0 spiro atoms. The number of fused-ring (bicyclic) bond motifs is 7. The standard InChI is InChI=1S/C29H48O/c1-19(30)20-11-15-26(4)17-18-28(6)21(24(20)26)9-10-23-27(5)14-8-13-25(2,3)22(27)12-16-29(23,28)7/h20-24H,8-18H2,1-7H3/t20?,21-,22+,23-,24-,26-,27+,28-,29-/m1/s1. The maximum atomic E-state index is 12.7. The number of Topliss-reactive ketones (excluding diaryl/α,β-unsaturated/α-hetero) is 1. The third-order valence-electron chi connectivity index (χ3n) is 13.1. The van der Waals surface area contributed by atoms with Crippen LogP contribution in [0, 0.1) is 56.7 Å². The van der Waals surface area contributed by atoms with Gasteiger partial charge in [-0.2, -0.15) is 0 Å². The van der Waals surface area contributed by atoms with Crippen LogP contribution in [0.3, 0.4) is 0 Å². The van der Waals surface area contributed by atoms with E-state index in [1.54, 1.807) is 0 Å². The molecular formula is C29H48O. The Morgan fingerprint density at radius 2 is 1.43 bits per heavy atom. The molecule has 5 rings (SSSR count). The summed E-state index contributed by atoms with van der Waals surface area (Å²) < 4.78 is 0. The van der Waals surface area contributed by atoms with E-state index < -0.39 is 0 Å². The molecule has 0 aromatic heterocycles. The first-order valence-corrected chi connectivity index (χ1v) is 13.4. The first kappa shape index (κ1) is 21.5. The topological polar surface area (TPSA) is 17.1 Å². The molecule has 0 heterocycles. The number of carbonyl (C=O) groups excluding carboxylic acids is 1. The molecule has 0 radical (unpaired) electrons. The second-order valence-electron chi connectivity index (χ2n) is 14.4. The molecule has 0 bridgehead atoms. The van der Waals surface area contributed by atoms with Gasteiger partial charge in [-0.25, -0.2) is 0 Å². The lowest BCUT2D eigenvalue weighted by atomic mass is 9.32. The molecule has 1 unspecified atom stereocenters. The molecule has 5 fully saturated rings. The number of rotatable bonds is 1. The van der Waals surface area contributed by atoms with E-state index in [2.05, 4.69) is 41.5 Å². The summed E-state index contributed by atoms with van der Waals surface area (Å²) in [5.74, 6) is 4.05. The molecule has 0 aromatic rings. The monoisotopic (exact) mass is 412 g/mol. The fourth-order valence-electron chi connectivity index (χ4n) is 11.5. The number of carbonyl (C=O) groups is 1. The molecular weight excluding hydrogens is 364 g/mol. The van der Waals surface area contributed by atoms with Gasteiger partial charge in [0.05, 0.1) is 0 Å². The summed E-state index contributed by atoms with van der Waals surface area (Å²) in [6.45, 7) is 17.7. The van der Waals surface area contributed by atoms with Gasteiger partial charge in [-0.05, 0) is 122 Å². The zero-order chi connectivity index (χ0) is 21.7. The van der Waals surface area contributed by atoms with E-state index in [-0.39, 0.29) is 0 Å². The Morgan fingerprint density at radius 3 is 2.13 bits per heavy atom. The quantitative estimate of drug-likeness (QED) is 0.425. The van der Waals surface area contributed by atoms with E-state index in [9.17, 15) is 4.79 Å². The minimum atomic E-state index is 0.348. The van der Waals surface area contributed by atoms with Crippen molar-refractivity contribution in [2.24, 2.45) is 56.7 Å². The van der Waals surface area contributed by atoms with Crippen molar-refractivity contribution in [3.05, 3.63) is 0 Å². The summed E-state index contributed by atoms with van der Waals surface area (Å²) in [6, 6.07) is 0. The van der Waals surface area contributed by atoms with Crippen molar-refractivity contribution >= 4 is 5.78 Å². The molecule has 0 saturated heterocycles. The van der Waals surface area contributed by atoms with Gasteiger partial charge in [-0.15, -0.1) is 0 Å². The highest BCUT2D eigenvalue weighted by Gasteiger charge is 2.69. The second kappa shape index (κ2) is 6.38. The molecule has 0 aliphatic heterocycles. The van der Waals surface area contributed by atoms with E-state index in [1.165, 1.54) is 64.2 Å². The molecule has 9 atom stereocenters. The largest absolute Gasteiger partial charge is 0.300 e. The smallest absolute Gasteiger partial charge is 0.133 e. The van der Waals surface area contributed by atoms with Crippen LogP contribution in [-0.2, 0) is 4.79 Å². The fraction of sp³-hybridized carbons (Fsp3) is 0.966. The summed E-state index contributed by atoms with van der Waals surface area (Å²) in [4.78, 5) is 12.7. The highest BCUT2D eigenvalue weighted by molar-refractivity contribution is 5.79. The summed E-state index contributed by atoms with van der Waals surface area (Å²) in [7, 11) is 0. The fourth-order valence-corrected chi connectivity index (χ4v) is 11.5. The first-order valence-electron chi connectivity index (χ1n) is 13.4. The highest BCUT2D eigenvalue weighted by atomic mass is 16.1. The molecule has 0 N–H and O–H groups in total. The van der Waals surface area contributed by atoms with Gasteiger partial charge in [0, 0.05) is 5.92 Å². The van der Waals surface area contributed by atoms with Crippen LogP contribution >= 0.6 is 0 Å². The Kier molecular flexibility index (Phi) is 4.57. The predicted molar refractivity (Wildman–Crippen MR) is 125 cm³/mol. The Labute approximate surface area is 186 Å². The zero-order valence-electron chi connectivity index (χ0n) is 21.1. The number of hydrogen-bond donors (Lipinski definition) is 0. The van der Waals surface area contributed by atoms with E-state index in [0.29, 0.717) is 44.7 Å². The Bertz CT molecular complexity index is 737. The summed E-state index contributed by atoms with van der Waals surface area (Å²) in [6.07, 6.45) is 15.2. The summed E-state index contributed by atoms with van der Waals surface area (Å²) in [5, 5.41) is 0. The lowest BCUT2D eigenvalue weighted by molar-refractivity contribution is -0.235. The van der Waals surface area contributed by atoms with Gasteiger partial charge in [-0.3, -0.25) is 4.79 Å². The first-order chi connectivity index (χ1) is 13.9. The van der Waals surface area contributed by atoms with Gasteiger partial charge in [0.15, 0.2) is 0 Å². The molecule has 0 amide bonds. The van der Waals surface area contributed by atoms with Crippen LogP contribution in [0.2, 0.25) is 0 Å². The minimum absolute atomic E-state index is 0.348. The highest BCUT2D eigenvalue weighted by Crippen LogP contribution is 2.77. The zero-order valence-corrected chi connectivity index (χ0v) is 21.1. The van der Waals surface area contributed by atoms with Gasteiger partial charge < -0.3 is 0 Å². The van der Waals surface area contributed by atoms with Crippen molar-refractivity contribution < 1.29 is 4.79 Å². The molecule has 5 aliphatic carbocycles. The minimum Gasteiger partial charge on any atom is -0.300 e. The Balaban J connectivity index is 1.55. The third kappa shape index (κ3) is 2.50. The molecule has 5 aliphatic rings. The molecule has 170 valence electrons. The maximum absolute atomic E-state index is 12.7. The summed E-state index contributed by atoms with van der Waals surface area (Å²) >= 11 is 0. The van der Waals surface area contributed by atoms with Crippen molar-refractivity contribution in [1.29, 1.82) is 0 Å². The molecule has 30 heavy (non-hydrogen) atoms. The van der Waals surface area contributed by atoms with Crippen molar-refractivity contribution in [2.45, 2.75) is 119 Å². The van der Waals surface area contributed by atoms with E-state index in [0.717, 1.165) is 24.2 Å². The van der Waals surface area contributed by atoms with Crippen LogP contribution in [0.5, 0.6) is 0 Å². The molecule has 1 heteroatoms.